The Kier molecular flexibility index (Phi) is 4.38. The average molecular weight is 239 g/mol. The Morgan fingerprint density at radius 2 is 1.88 bits per heavy atom. The van der Waals surface area contributed by atoms with Gasteiger partial charge in [0, 0.05) is 7.05 Å². The van der Waals surface area contributed by atoms with Crippen molar-refractivity contribution in [2.24, 2.45) is 10.7 Å². The van der Waals surface area contributed by atoms with Gasteiger partial charge in [0.05, 0.1) is 23.6 Å². The fourth-order valence-corrected chi connectivity index (χ4v) is 1.38. The van der Waals surface area contributed by atoms with Crippen LogP contribution in [0.4, 0.5) is 0 Å². The van der Waals surface area contributed by atoms with Crippen molar-refractivity contribution in [3.8, 4) is 5.75 Å². The third kappa shape index (κ3) is 2.76. The molecule has 0 bridgehead atoms. The van der Waals surface area contributed by atoms with E-state index in [1.165, 1.54) is 0 Å². The molecular formula is C12H15ClN2O. The van der Waals surface area contributed by atoms with Crippen molar-refractivity contribution >= 4 is 23.0 Å². The maximum absolute atomic E-state index is 6.08. The molecule has 16 heavy (non-hydrogen) atoms. The fourth-order valence-electron chi connectivity index (χ4n) is 1.19. The molecular weight excluding hydrogens is 224 g/mol. The van der Waals surface area contributed by atoms with Gasteiger partial charge in [0.2, 0.25) is 0 Å². The zero-order valence-electron chi connectivity index (χ0n) is 9.62. The molecule has 1 rings (SSSR count). The largest absolute Gasteiger partial charge is 0.497 e. The first-order valence-electron chi connectivity index (χ1n) is 4.83. The van der Waals surface area contributed by atoms with Gasteiger partial charge in [-0.3, -0.25) is 4.99 Å². The molecule has 1 aromatic carbocycles. The Balaban J connectivity index is 3.09. The van der Waals surface area contributed by atoms with E-state index in [0.29, 0.717) is 10.7 Å². The van der Waals surface area contributed by atoms with Crippen LogP contribution in [0, 0.1) is 0 Å². The summed E-state index contributed by atoms with van der Waals surface area (Å²) in [4.78, 5) is 3.99. The fraction of sp³-hybridized carbons (Fsp3) is 0.250. The summed E-state index contributed by atoms with van der Waals surface area (Å²) in [5, 5.41) is 0.479. The van der Waals surface area contributed by atoms with Crippen LogP contribution in [0.5, 0.6) is 5.75 Å². The molecule has 0 aromatic heterocycles. The molecule has 0 saturated carbocycles. The number of benzene rings is 1. The van der Waals surface area contributed by atoms with Gasteiger partial charge in [0.1, 0.15) is 5.75 Å². The lowest BCUT2D eigenvalue weighted by Gasteiger charge is -2.06. The number of aliphatic imine (C=N–C) groups is 1. The van der Waals surface area contributed by atoms with Crippen LogP contribution in [-0.4, -0.2) is 19.9 Å². The lowest BCUT2D eigenvalue weighted by Crippen LogP contribution is -2.04. The lowest BCUT2D eigenvalue weighted by atomic mass is 10.1. The minimum Gasteiger partial charge on any atom is -0.497 e. The first kappa shape index (κ1) is 12.6. The number of halogens is 1. The van der Waals surface area contributed by atoms with Crippen LogP contribution in [0.2, 0.25) is 0 Å². The van der Waals surface area contributed by atoms with Crippen LogP contribution in [0.1, 0.15) is 12.5 Å². The Morgan fingerprint density at radius 1 is 1.31 bits per heavy atom. The molecule has 0 heterocycles. The van der Waals surface area contributed by atoms with Gasteiger partial charge in [-0.05, 0) is 36.8 Å². The predicted octanol–water partition coefficient (Wildman–Crippen LogP) is 2.65. The van der Waals surface area contributed by atoms with Crippen LogP contribution in [0.15, 0.2) is 34.3 Å². The molecule has 0 aliphatic rings. The molecule has 0 amide bonds. The van der Waals surface area contributed by atoms with Crippen molar-refractivity contribution in [2.45, 2.75) is 6.92 Å². The molecule has 0 aliphatic heterocycles. The third-order valence-corrected chi connectivity index (χ3v) is 2.77. The molecule has 0 aliphatic carbocycles. The summed E-state index contributed by atoms with van der Waals surface area (Å²) >= 11 is 6.08. The van der Waals surface area contributed by atoms with Gasteiger partial charge in [0.15, 0.2) is 0 Å². The Labute approximate surface area is 101 Å². The van der Waals surface area contributed by atoms with Crippen molar-refractivity contribution in [3.05, 3.63) is 34.9 Å². The number of allylic oxidation sites excluding steroid dienone is 1. The summed E-state index contributed by atoms with van der Waals surface area (Å²) < 4.78 is 5.06. The second kappa shape index (κ2) is 5.56. The van der Waals surface area contributed by atoms with Crippen molar-refractivity contribution in [3.63, 3.8) is 0 Å². The average Bonchev–Trinajstić information content (AvgIpc) is 2.36. The standard InChI is InChI=1S/C12H15ClN2O/c1-8(15-2)11(13)12(14)9-4-6-10(16-3)7-5-9/h4-7H,14H2,1-3H3. The zero-order valence-corrected chi connectivity index (χ0v) is 10.4. The predicted molar refractivity (Wildman–Crippen MR) is 69.0 cm³/mol. The van der Waals surface area contributed by atoms with Gasteiger partial charge in [-0.25, -0.2) is 0 Å². The van der Waals surface area contributed by atoms with E-state index >= 15 is 0 Å². The van der Waals surface area contributed by atoms with Gasteiger partial charge >= 0.3 is 0 Å². The van der Waals surface area contributed by atoms with Crippen molar-refractivity contribution in [1.29, 1.82) is 0 Å². The van der Waals surface area contributed by atoms with E-state index in [0.717, 1.165) is 17.0 Å². The van der Waals surface area contributed by atoms with E-state index in [1.807, 2.05) is 31.2 Å². The highest BCUT2D eigenvalue weighted by Gasteiger charge is 2.06. The lowest BCUT2D eigenvalue weighted by molar-refractivity contribution is 0.415. The molecule has 0 saturated heterocycles. The van der Waals surface area contributed by atoms with E-state index in [-0.39, 0.29) is 0 Å². The highest BCUT2D eigenvalue weighted by molar-refractivity contribution is 6.46. The number of methoxy groups -OCH3 is 1. The number of hydrogen-bond acceptors (Lipinski definition) is 3. The molecule has 86 valence electrons. The van der Waals surface area contributed by atoms with Crippen molar-refractivity contribution in [1.82, 2.24) is 0 Å². The number of ether oxygens (including phenoxy) is 1. The van der Waals surface area contributed by atoms with E-state index < -0.39 is 0 Å². The van der Waals surface area contributed by atoms with E-state index in [2.05, 4.69) is 4.99 Å². The summed E-state index contributed by atoms with van der Waals surface area (Å²) in [5.41, 5.74) is 8.03. The summed E-state index contributed by atoms with van der Waals surface area (Å²) in [6.07, 6.45) is 0. The van der Waals surface area contributed by atoms with Crippen LogP contribution in [-0.2, 0) is 0 Å². The minimum absolute atomic E-state index is 0.479. The minimum atomic E-state index is 0.479. The van der Waals surface area contributed by atoms with Crippen molar-refractivity contribution < 1.29 is 4.74 Å². The van der Waals surface area contributed by atoms with E-state index in [4.69, 9.17) is 22.1 Å². The molecule has 0 unspecified atom stereocenters. The second-order valence-corrected chi connectivity index (χ2v) is 3.64. The Hall–Kier alpha value is -1.48. The second-order valence-electron chi connectivity index (χ2n) is 3.27. The van der Waals surface area contributed by atoms with Crippen LogP contribution in [0.25, 0.3) is 5.70 Å². The molecule has 3 nitrogen and oxygen atoms in total. The van der Waals surface area contributed by atoms with Crippen LogP contribution in [0.3, 0.4) is 0 Å². The SMILES string of the molecule is CN=C(C)C(Cl)=C(N)c1ccc(OC)cc1. The quantitative estimate of drug-likeness (QED) is 0.823. The summed E-state index contributed by atoms with van der Waals surface area (Å²) in [6, 6.07) is 7.40. The Morgan fingerprint density at radius 3 is 2.31 bits per heavy atom. The number of nitrogens with two attached hydrogens (primary N) is 1. The zero-order chi connectivity index (χ0) is 12.1. The molecule has 2 N–H and O–H groups in total. The van der Waals surface area contributed by atoms with Crippen LogP contribution < -0.4 is 10.5 Å². The first-order valence-corrected chi connectivity index (χ1v) is 5.21. The van der Waals surface area contributed by atoms with Gasteiger partial charge in [-0.15, -0.1) is 0 Å². The molecule has 0 atom stereocenters. The van der Waals surface area contributed by atoms with Gasteiger partial charge < -0.3 is 10.5 Å². The summed E-state index contributed by atoms with van der Waals surface area (Å²) in [7, 11) is 3.30. The normalized spacial score (nSPS) is 13.4. The van der Waals surface area contributed by atoms with Gasteiger partial charge in [-0.1, -0.05) is 11.6 Å². The van der Waals surface area contributed by atoms with Gasteiger partial charge in [-0.2, -0.15) is 0 Å². The molecule has 0 spiro atoms. The smallest absolute Gasteiger partial charge is 0.118 e. The van der Waals surface area contributed by atoms with Crippen LogP contribution >= 0.6 is 11.6 Å². The van der Waals surface area contributed by atoms with E-state index in [1.54, 1.807) is 14.2 Å². The monoisotopic (exact) mass is 238 g/mol. The topological polar surface area (TPSA) is 47.6 Å². The third-order valence-electron chi connectivity index (χ3n) is 2.29. The molecule has 0 radical (unpaired) electrons. The summed E-state index contributed by atoms with van der Waals surface area (Å²) in [6.45, 7) is 1.82. The maximum Gasteiger partial charge on any atom is 0.118 e. The maximum atomic E-state index is 6.08. The van der Waals surface area contributed by atoms with Gasteiger partial charge in [0.25, 0.3) is 0 Å². The first-order chi connectivity index (χ1) is 7.60. The highest BCUT2D eigenvalue weighted by Crippen LogP contribution is 2.20. The number of rotatable bonds is 3. The summed E-state index contributed by atoms with van der Waals surface area (Å²) in [5.74, 6) is 0.786. The number of nitrogens with zero attached hydrogens (tertiary/aromatic N) is 1. The number of hydrogen-bond donors (Lipinski definition) is 1. The van der Waals surface area contributed by atoms with E-state index in [9.17, 15) is 0 Å². The highest BCUT2D eigenvalue weighted by atomic mass is 35.5. The molecule has 1 aromatic rings. The Bertz CT molecular complexity index is 421. The molecule has 4 heteroatoms. The molecule has 0 fully saturated rings. The van der Waals surface area contributed by atoms with Crippen molar-refractivity contribution in [2.75, 3.05) is 14.2 Å².